The van der Waals surface area contributed by atoms with Gasteiger partial charge in [-0.2, -0.15) is 10.2 Å². The number of rotatable bonds is 4. The highest BCUT2D eigenvalue weighted by molar-refractivity contribution is 9.10. The number of likely N-dealkylation sites (N-methyl/N-ethyl adjacent to an activating group) is 1. The van der Waals surface area contributed by atoms with Crippen molar-refractivity contribution in [1.29, 1.82) is 0 Å². The Morgan fingerprint density at radius 3 is 2.79 bits per heavy atom. The summed E-state index contributed by atoms with van der Waals surface area (Å²) in [6.07, 6.45) is 5.19. The molecule has 0 spiro atoms. The van der Waals surface area contributed by atoms with Crippen LogP contribution >= 0.6 is 15.9 Å². The molecule has 2 aromatic rings. The van der Waals surface area contributed by atoms with E-state index in [0.717, 1.165) is 10.2 Å². The minimum atomic E-state index is -0.329. The van der Waals surface area contributed by atoms with Crippen molar-refractivity contribution in [3.05, 3.63) is 34.8 Å². The average Bonchev–Trinajstić information content (AvgIpc) is 2.97. The van der Waals surface area contributed by atoms with Crippen LogP contribution in [-0.4, -0.2) is 37.4 Å². The van der Waals surface area contributed by atoms with Crippen molar-refractivity contribution in [2.45, 2.75) is 19.5 Å². The Morgan fingerprint density at radius 1 is 1.53 bits per heavy atom. The smallest absolute Gasteiger partial charge is 0.247 e. The standard InChI is InChI=1S/C12H16BrN5O/c1-9(18-7-10(13)6-15-18)12(19)16(2)8-11-4-5-14-17(11)3/h4-7,9H,8H2,1-3H3. The van der Waals surface area contributed by atoms with Gasteiger partial charge in [0.15, 0.2) is 0 Å². The van der Waals surface area contributed by atoms with Crippen LogP contribution in [0.2, 0.25) is 0 Å². The number of aryl methyl sites for hydroxylation is 1. The van der Waals surface area contributed by atoms with Crippen molar-refractivity contribution < 1.29 is 4.79 Å². The molecule has 1 unspecified atom stereocenters. The van der Waals surface area contributed by atoms with Gasteiger partial charge in [0.25, 0.3) is 0 Å². The normalized spacial score (nSPS) is 12.4. The Hall–Kier alpha value is -1.63. The van der Waals surface area contributed by atoms with E-state index in [0.29, 0.717) is 6.54 Å². The fourth-order valence-corrected chi connectivity index (χ4v) is 2.14. The first-order chi connectivity index (χ1) is 8.99. The van der Waals surface area contributed by atoms with Gasteiger partial charge in [0.05, 0.1) is 22.9 Å². The molecule has 1 atom stereocenters. The molecule has 2 heterocycles. The van der Waals surface area contributed by atoms with E-state index in [1.807, 2.05) is 20.0 Å². The first-order valence-corrected chi connectivity index (χ1v) is 6.70. The first kappa shape index (κ1) is 13.8. The Labute approximate surface area is 120 Å². The minimum Gasteiger partial charge on any atom is -0.338 e. The van der Waals surface area contributed by atoms with Gasteiger partial charge in [-0.3, -0.25) is 14.2 Å². The quantitative estimate of drug-likeness (QED) is 0.857. The third-order valence-electron chi connectivity index (χ3n) is 3.02. The molecule has 7 heteroatoms. The van der Waals surface area contributed by atoms with Gasteiger partial charge in [0, 0.05) is 26.5 Å². The maximum absolute atomic E-state index is 12.3. The van der Waals surface area contributed by atoms with E-state index < -0.39 is 0 Å². The molecular weight excluding hydrogens is 310 g/mol. The van der Waals surface area contributed by atoms with Crippen LogP contribution < -0.4 is 0 Å². The van der Waals surface area contributed by atoms with Crippen molar-refractivity contribution >= 4 is 21.8 Å². The summed E-state index contributed by atoms with van der Waals surface area (Å²) < 4.78 is 4.27. The Morgan fingerprint density at radius 2 is 2.26 bits per heavy atom. The van der Waals surface area contributed by atoms with E-state index in [1.54, 1.807) is 39.9 Å². The molecule has 0 fully saturated rings. The lowest BCUT2D eigenvalue weighted by Gasteiger charge is -2.21. The van der Waals surface area contributed by atoms with Gasteiger partial charge in [0.1, 0.15) is 6.04 Å². The fraction of sp³-hybridized carbons (Fsp3) is 0.417. The van der Waals surface area contributed by atoms with Gasteiger partial charge >= 0.3 is 0 Å². The van der Waals surface area contributed by atoms with Gasteiger partial charge in [-0.05, 0) is 28.9 Å². The van der Waals surface area contributed by atoms with E-state index >= 15 is 0 Å². The van der Waals surface area contributed by atoms with Gasteiger partial charge in [-0.25, -0.2) is 0 Å². The number of carbonyl (C=O) groups is 1. The van der Waals surface area contributed by atoms with E-state index in [4.69, 9.17) is 0 Å². The zero-order chi connectivity index (χ0) is 14.0. The van der Waals surface area contributed by atoms with E-state index in [2.05, 4.69) is 26.1 Å². The van der Waals surface area contributed by atoms with Gasteiger partial charge in [0.2, 0.25) is 5.91 Å². The number of nitrogens with zero attached hydrogens (tertiary/aromatic N) is 5. The molecule has 0 aromatic carbocycles. The van der Waals surface area contributed by atoms with Gasteiger partial charge in [-0.15, -0.1) is 0 Å². The van der Waals surface area contributed by atoms with Crippen LogP contribution in [0.4, 0.5) is 0 Å². The molecular formula is C12H16BrN5O. The highest BCUT2D eigenvalue weighted by Gasteiger charge is 2.20. The second-order valence-electron chi connectivity index (χ2n) is 4.45. The van der Waals surface area contributed by atoms with E-state index in [9.17, 15) is 4.79 Å². The lowest BCUT2D eigenvalue weighted by molar-refractivity contribution is -0.133. The third-order valence-corrected chi connectivity index (χ3v) is 3.43. The summed E-state index contributed by atoms with van der Waals surface area (Å²) in [5.41, 5.74) is 0.990. The summed E-state index contributed by atoms with van der Waals surface area (Å²) >= 11 is 3.32. The molecule has 102 valence electrons. The second kappa shape index (κ2) is 5.56. The number of hydrogen-bond donors (Lipinski definition) is 0. The lowest BCUT2D eigenvalue weighted by atomic mass is 10.3. The van der Waals surface area contributed by atoms with E-state index in [1.165, 1.54) is 0 Å². The maximum Gasteiger partial charge on any atom is 0.247 e. The average molecular weight is 326 g/mol. The SMILES string of the molecule is CC(C(=O)N(C)Cc1ccnn1C)n1cc(Br)cn1. The largest absolute Gasteiger partial charge is 0.338 e. The molecule has 0 aliphatic carbocycles. The van der Waals surface area contributed by atoms with Crippen LogP contribution in [-0.2, 0) is 18.4 Å². The van der Waals surface area contributed by atoms with Gasteiger partial charge < -0.3 is 4.90 Å². The van der Waals surface area contributed by atoms with Crippen molar-refractivity contribution in [2.24, 2.45) is 7.05 Å². The zero-order valence-electron chi connectivity index (χ0n) is 11.1. The number of carbonyl (C=O) groups excluding carboxylic acids is 1. The fourth-order valence-electron chi connectivity index (χ4n) is 1.84. The van der Waals surface area contributed by atoms with Crippen LogP contribution in [0, 0.1) is 0 Å². The molecule has 2 aromatic heterocycles. The summed E-state index contributed by atoms with van der Waals surface area (Å²) in [6.45, 7) is 2.36. The molecule has 6 nitrogen and oxygen atoms in total. The predicted molar refractivity (Wildman–Crippen MR) is 74.3 cm³/mol. The van der Waals surface area contributed by atoms with Crippen LogP contribution in [0.1, 0.15) is 18.7 Å². The van der Waals surface area contributed by atoms with Crippen molar-refractivity contribution in [2.75, 3.05) is 7.05 Å². The molecule has 0 radical (unpaired) electrons. The predicted octanol–water partition coefficient (Wildman–Crippen LogP) is 1.60. The molecule has 2 rings (SSSR count). The molecule has 1 amide bonds. The summed E-state index contributed by atoms with van der Waals surface area (Å²) in [6, 6.07) is 1.57. The second-order valence-corrected chi connectivity index (χ2v) is 5.37. The van der Waals surface area contributed by atoms with Crippen LogP contribution in [0.25, 0.3) is 0 Å². The maximum atomic E-state index is 12.3. The van der Waals surface area contributed by atoms with Gasteiger partial charge in [-0.1, -0.05) is 0 Å². The number of amides is 1. The molecule has 0 aliphatic heterocycles. The summed E-state index contributed by atoms with van der Waals surface area (Å²) in [5.74, 6) is 0.0109. The lowest BCUT2D eigenvalue weighted by Crippen LogP contribution is -2.33. The van der Waals surface area contributed by atoms with Crippen LogP contribution in [0.5, 0.6) is 0 Å². The molecule has 0 N–H and O–H groups in total. The molecule has 0 bridgehead atoms. The highest BCUT2D eigenvalue weighted by atomic mass is 79.9. The molecule has 0 aliphatic rings. The number of halogens is 1. The van der Waals surface area contributed by atoms with Crippen LogP contribution in [0.3, 0.4) is 0 Å². The first-order valence-electron chi connectivity index (χ1n) is 5.90. The summed E-state index contributed by atoms with van der Waals surface area (Å²) in [5, 5.41) is 8.23. The Bertz CT molecular complexity index is 576. The minimum absolute atomic E-state index is 0.0109. The van der Waals surface area contributed by atoms with Crippen molar-refractivity contribution in [3.8, 4) is 0 Å². The molecule has 0 saturated carbocycles. The summed E-state index contributed by atoms with van der Waals surface area (Å²) in [4.78, 5) is 14.0. The monoisotopic (exact) mass is 325 g/mol. The van der Waals surface area contributed by atoms with Crippen molar-refractivity contribution in [3.63, 3.8) is 0 Å². The Kier molecular flexibility index (Phi) is 4.04. The van der Waals surface area contributed by atoms with Crippen LogP contribution in [0.15, 0.2) is 29.1 Å². The van der Waals surface area contributed by atoms with E-state index in [-0.39, 0.29) is 11.9 Å². The summed E-state index contributed by atoms with van der Waals surface area (Å²) in [7, 11) is 3.64. The number of aromatic nitrogens is 4. The highest BCUT2D eigenvalue weighted by Crippen LogP contribution is 2.14. The third kappa shape index (κ3) is 3.04. The Balaban J connectivity index is 2.05. The zero-order valence-corrected chi connectivity index (χ0v) is 12.7. The van der Waals surface area contributed by atoms with Crippen molar-refractivity contribution in [1.82, 2.24) is 24.5 Å². The molecule has 19 heavy (non-hydrogen) atoms. The topological polar surface area (TPSA) is 56.0 Å². The number of hydrogen-bond acceptors (Lipinski definition) is 3. The molecule has 0 saturated heterocycles.